The molecule has 0 saturated carbocycles. The predicted molar refractivity (Wildman–Crippen MR) is 73.5 cm³/mol. The summed E-state index contributed by atoms with van der Waals surface area (Å²) in [4.78, 5) is 16.8. The van der Waals surface area contributed by atoms with Gasteiger partial charge in [-0.25, -0.2) is 4.98 Å². The van der Waals surface area contributed by atoms with E-state index in [1.54, 1.807) is 7.11 Å². The van der Waals surface area contributed by atoms with Crippen LogP contribution in [0.25, 0.3) is 10.6 Å². The molecule has 0 aliphatic carbocycles. The van der Waals surface area contributed by atoms with Gasteiger partial charge >= 0.3 is 0 Å². The standard InChI is InChI=1S/C14H15NO2S/c1-4-11(16)12-13(17-3)15-14(18-12)10-7-5-9(2)6-8-10/h5-8H,4H2,1-3H3. The van der Waals surface area contributed by atoms with Gasteiger partial charge in [-0.1, -0.05) is 36.8 Å². The van der Waals surface area contributed by atoms with Crippen LogP contribution in [-0.4, -0.2) is 17.9 Å². The number of Topliss-reactive ketones (excluding diaryl/α,β-unsaturated/α-hetero) is 1. The van der Waals surface area contributed by atoms with Crippen molar-refractivity contribution in [2.75, 3.05) is 7.11 Å². The fraction of sp³-hybridized carbons (Fsp3) is 0.286. The number of hydrogen-bond donors (Lipinski definition) is 0. The normalized spacial score (nSPS) is 10.4. The summed E-state index contributed by atoms with van der Waals surface area (Å²) in [5.74, 6) is 0.505. The van der Waals surface area contributed by atoms with E-state index in [2.05, 4.69) is 4.98 Å². The number of hydrogen-bond acceptors (Lipinski definition) is 4. The minimum atomic E-state index is 0.0720. The van der Waals surface area contributed by atoms with Gasteiger partial charge in [-0.15, -0.1) is 11.3 Å². The van der Waals surface area contributed by atoms with Crippen molar-refractivity contribution in [1.82, 2.24) is 4.98 Å². The van der Waals surface area contributed by atoms with Gasteiger partial charge in [0, 0.05) is 12.0 Å². The minimum Gasteiger partial charge on any atom is -0.480 e. The Balaban J connectivity index is 2.43. The van der Waals surface area contributed by atoms with Crippen molar-refractivity contribution in [2.24, 2.45) is 0 Å². The first-order valence-corrected chi connectivity index (χ1v) is 6.62. The van der Waals surface area contributed by atoms with Gasteiger partial charge in [-0.05, 0) is 6.92 Å². The van der Waals surface area contributed by atoms with Crippen molar-refractivity contribution in [3.8, 4) is 16.5 Å². The molecule has 0 bridgehead atoms. The monoisotopic (exact) mass is 261 g/mol. The Labute approximate surface area is 110 Å². The van der Waals surface area contributed by atoms with E-state index in [4.69, 9.17) is 4.74 Å². The lowest BCUT2D eigenvalue weighted by atomic mass is 10.2. The van der Waals surface area contributed by atoms with Crippen LogP contribution in [0.4, 0.5) is 0 Å². The molecular weight excluding hydrogens is 246 g/mol. The Bertz CT molecular complexity index is 558. The molecule has 0 unspecified atom stereocenters. The largest absolute Gasteiger partial charge is 0.480 e. The summed E-state index contributed by atoms with van der Waals surface area (Å²) < 4.78 is 5.17. The third-order valence-corrected chi connectivity index (χ3v) is 3.79. The van der Waals surface area contributed by atoms with E-state index in [0.717, 1.165) is 10.6 Å². The van der Waals surface area contributed by atoms with E-state index in [-0.39, 0.29) is 5.78 Å². The van der Waals surface area contributed by atoms with Crippen LogP contribution in [0.1, 0.15) is 28.6 Å². The average molecular weight is 261 g/mol. The van der Waals surface area contributed by atoms with E-state index in [1.807, 2.05) is 38.1 Å². The maximum Gasteiger partial charge on any atom is 0.236 e. The number of methoxy groups -OCH3 is 1. The Hall–Kier alpha value is -1.68. The maximum absolute atomic E-state index is 11.8. The molecule has 4 heteroatoms. The van der Waals surface area contributed by atoms with Crippen LogP contribution < -0.4 is 4.74 Å². The first kappa shape index (κ1) is 12.8. The van der Waals surface area contributed by atoms with Gasteiger partial charge in [0.05, 0.1) is 7.11 Å². The molecular formula is C14H15NO2S. The Kier molecular flexibility index (Phi) is 3.77. The van der Waals surface area contributed by atoms with Gasteiger partial charge in [0.2, 0.25) is 5.88 Å². The number of thiazole rings is 1. The minimum absolute atomic E-state index is 0.0720. The lowest BCUT2D eigenvalue weighted by Gasteiger charge is -1.96. The highest BCUT2D eigenvalue weighted by atomic mass is 32.1. The third-order valence-electron chi connectivity index (χ3n) is 2.66. The fourth-order valence-corrected chi connectivity index (χ4v) is 2.65. The van der Waals surface area contributed by atoms with E-state index in [0.29, 0.717) is 17.2 Å². The fourth-order valence-electron chi connectivity index (χ4n) is 1.60. The predicted octanol–water partition coefficient (Wildman–Crippen LogP) is 3.72. The highest BCUT2D eigenvalue weighted by Gasteiger charge is 2.18. The highest BCUT2D eigenvalue weighted by molar-refractivity contribution is 7.17. The number of benzene rings is 1. The zero-order chi connectivity index (χ0) is 13.1. The number of nitrogens with zero attached hydrogens (tertiary/aromatic N) is 1. The van der Waals surface area contributed by atoms with E-state index >= 15 is 0 Å². The molecule has 0 N–H and O–H groups in total. The molecule has 0 fully saturated rings. The van der Waals surface area contributed by atoms with Gasteiger partial charge in [0.25, 0.3) is 0 Å². The van der Waals surface area contributed by atoms with Gasteiger partial charge < -0.3 is 4.74 Å². The molecule has 0 amide bonds. The van der Waals surface area contributed by atoms with Crippen molar-refractivity contribution in [3.05, 3.63) is 34.7 Å². The Morgan fingerprint density at radius 2 is 2.00 bits per heavy atom. The Morgan fingerprint density at radius 3 is 2.56 bits per heavy atom. The second-order valence-corrected chi connectivity index (χ2v) is 5.00. The first-order valence-electron chi connectivity index (χ1n) is 5.80. The average Bonchev–Trinajstić information content (AvgIpc) is 2.82. The summed E-state index contributed by atoms with van der Waals surface area (Å²) >= 11 is 1.39. The molecule has 2 aromatic rings. The molecule has 0 aliphatic rings. The van der Waals surface area contributed by atoms with E-state index in [1.165, 1.54) is 16.9 Å². The quantitative estimate of drug-likeness (QED) is 0.787. The summed E-state index contributed by atoms with van der Waals surface area (Å²) in [5.41, 5.74) is 2.21. The number of rotatable bonds is 4. The molecule has 1 heterocycles. The zero-order valence-electron chi connectivity index (χ0n) is 10.7. The number of ether oxygens (including phenoxy) is 1. The second-order valence-electron chi connectivity index (χ2n) is 4.00. The van der Waals surface area contributed by atoms with Crippen LogP contribution >= 0.6 is 11.3 Å². The van der Waals surface area contributed by atoms with Gasteiger partial charge in [0.15, 0.2) is 5.78 Å². The molecule has 18 heavy (non-hydrogen) atoms. The molecule has 3 nitrogen and oxygen atoms in total. The number of carbonyl (C=O) groups is 1. The van der Waals surface area contributed by atoms with Crippen molar-refractivity contribution in [2.45, 2.75) is 20.3 Å². The molecule has 1 aromatic heterocycles. The van der Waals surface area contributed by atoms with Crippen molar-refractivity contribution in [1.29, 1.82) is 0 Å². The topological polar surface area (TPSA) is 39.2 Å². The summed E-state index contributed by atoms with van der Waals surface area (Å²) in [6, 6.07) is 8.08. The number of carbonyl (C=O) groups excluding carboxylic acids is 1. The lowest BCUT2D eigenvalue weighted by molar-refractivity contribution is 0.0989. The van der Waals surface area contributed by atoms with Crippen molar-refractivity contribution < 1.29 is 9.53 Å². The first-order chi connectivity index (χ1) is 8.65. The molecule has 0 spiro atoms. The number of aromatic nitrogens is 1. The summed E-state index contributed by atoms with van der Waals surface area (Å²) in [6.07, 6.45) is 0.464. The zero-order valence-corrected chi connectivity index (χ0v) is 11.5. The smallest absolute Gasteiger partial charge is 0.236 e. The Morgan fingerprint density at radius 1 is 1.33 bits per heavy atom. The van der Waals surface area contributed by atoms with Crippen molar-refractivity contribution >= 4 is 17.1 Å². The van der Waals surface area contributed by atoms with Crippen LogP contribution in [0.2, 0.25) is 0 Å². The molecule has 1 aromatic carbocycles. The lowest BCUT2D eigenvalue weighted by Crippen LogP contribution is -1.96. The maximum atomic E-state index is 11.8. The SMILES string of the molecule is CCC(=O)c1sc(-c2ccc(C)cc2)nc1OC. The second kappa shape index (κ2) is 5.31. The molecule has 2 rings (SSSR count). The summed E-state index contributed by atoms with van der Waals surface area (Å²) in [6.45, 7) is 3.88. The van der Waals surface area contributed by atoms with Gasteiger partial charge in [0.1, 0.15) is 9.88 Å². The van der Waals surface area contributed by atoms with Crippen LogP contribution in [0.5, 0.6) is 5.88 Å². The molecule has 0 saturated heterocycles. The van der Waals surface area contributed by atoms with E-state index in [9.17, 15) is 4.79 Å². The number of ketones is 1. The molecule has 0 aliphatic heterocycles. The number of aryl methyl sites for hydroxylation is 1. The van der Waals surface area contributed by atoms with Crippen LogP contribution in [0.3, 0.4) is 0 Å². The van der Waals surface area contributed by atoms with Crippen LogP contribution in [0.15, 0.2) is 24.3 Å². The summed E-state index contributed by atoms with van der Waals surface area (Å²) in [7, 11) is 1.54. The highest BCUT2D eigenvalue weighted by Crippen LogP contribution is 2.33. The van der Waals surface area contributed by atoms with E-state index < -0.39 is 0 Å². The molecule has 0 radical (unpaired) electrons. The molecule has 0 atom stereocenters. The molecule has 94 valence electrons. The van der Waals surface area contributed by atoms with Gasteiger partial charge in [-0.2, -0.15) is 0 Å². The van der Waals surface area contributed by atoms with Crippen molar-refractivity contribution in [3.63, 3.8) is 0 Å². The van der Waals surface area contributed by atoms with Crippen LogP contribution in [-0.2, 0) is 0 Å². The van der Waals surface area contributed by atoms with Gasteiger partial charge in [-0.3, -0.25) is 4.79 Å². The summed E-state index contributed by atoms with van der Waals surface area (Å²) in [5, 5.41) is 0.823. The third kappa shape index (κ3) is 2.43. The van der Waals surface area contributed by atoms with Crippen LogP contribution in [0, 0.1) is 6.92 Å².